The van der Waals surface area contributed by atoms with Gasteiger partial charge in [0.25, 0.3) is 5.91 Å². The maximum Gasteiger partial charge on any atom is 0.272 e. The second-order valence-electron chi connectivity index (χ2n) is 9.91. The summed E-state index contributed by atoms with van der Waals surface area (Å²) in [5, 5.41) is 8.29. The monoisotopic (exact) mass is 513 g/mol. The Bertz CT molecular complexity index is 1240. The molecule has 4 rings (SSSR count). The topological polar surface area (TPSA) is 46.9 Å². The number of aryl methyl sites for hydroxylation is 1. The van der Waals surface area contributed by atoms with Gasteiger partial charge in [-0.2, -0.15) is 5.10 Å². The summed E-state index contributed by atoms with van der Waals surface area (Å²) in [6.07, 6.45) is 6.76. The third-order valence-electron chi connectivity index (χ3n) is 7.37. The molecule has 1 aliphatic carbocycles. The van der Waals surface area contributed by atoms with Crippen molar-refractivity contribution in [1.29, 1.82) is 0 Å². The van der Waals surface area contributed by atoms with Crippen molar-refractivity contribution in [3.05, 3.63) is 69.9 Å². The van der Waals surface area contributed by atoms with Crippen LogP contribution < -0.4 is 5.32 Å². The maximum absolute atomic E-state index is 14.9. The predicted octanol–water partition coefficient (Wildman–Crippen LogP) is 7.54. The lowest BCUT2D eigenvalue weighted by atomic mass is 9.93. The van der Waals surface area contributed by atoms with Crippen LogP contribution in [-0.2, 0) is 12.8 Å². The smallest absolute Gasteiger partial charge is 0.272 e. The first-order valence-electron chi connectivity index (χ1n) is 13.0. The van der Waals surface area contributed by atoms with E-state index in [1.807, 2.05) is 12.1 Å². The Balaban J connectivity index is 1.68. The van der Waals surface area contributed by atoms with Crippen LogP contribution in [0.15, 0.2) is 36.4 Å². The number of rotatable bonds is 9. The first kappa shape index (κ1) is 26.3. The van der Waals surface area contributed by atoms with Gasteiger partial charge < -0.3 is 5.32 Å². The zero-order valence-electron chi connectivity index (χ0n) is 21.2. The van der Waals surface area contributed by atoms with Crippen LogP contribution in [0.1, 0.15) is 74.5 Å². The Morgan fingerprint density at radius 1 is 1.11 bits per heavy atom. The summed E-state index contributed by atoms with van der Waals surface area (Å²) < 4.78 is 30.0. The third kappa shape index (κ3) is 5.64. The van der Waals surface area contributed by atoms with E-state index in [4.69, 9.17) is 11.6 Å². The fraction of sp³-hybridized carbons (Fsp3) is 0.448. The van der Waals surface area contributed by atoms with Gasteiger partial charge in [-0.1, -0.05) is 57.7 Å². The number of nitrogens with one attached hydrogen (secondary N) is 1. The fourth-order valence-electron chi connectivity index (χ4n) is 5.10. The average Bonchev–Trinajstić information content (AvgIpc) is 3.12. The second kappa shape index (κ2) is 11.5. The molecule has 0 bridgehead atoms. The standard InChI is InChI=1S/C29H34ClF2N3O/c1-4-19(5-2)10-9-18(3)17-33-29(36)27-24-8-6-7-20-15-21(30)11-13-23(20)28(24)35(34-27)26-14-12-22(31)16-25(26)32/h11-16,18-19H,4-10,17H2,1-3H3,(H,33,36). The lowest BCUT2D eigenvalue weighted by Crippen LogP contribution is -2.29. The van der Waals surface area contributed by atoms with Crippen LogP contribution in [0.2, 0.25) is 5.02 Å². The molecule has 1 unspecified atom stereocenters. The number of hydrogen-bond acceptors (Lipinski definition) is 2. The Morgan fingerprint density at radius 2 is 1.89 bits per heavy atom. The van der Waals surface area contributed by atoms with E-state index in [9.17, 15) is 13.6 Å². The van der Waals surface area contributed by atoms with Crippen molar-refractivity contribution < 1.29 is 13.6 Å². The van der Waals surface area contributed by atoms with E-state index >= 15 is 0 Å². The molecule has 3 aromatic rings. The molecule has 36 heavy (non-hydrogen) atoms. The van der Waals surface area contributed by atoms with Crippen molar-refractivity contribution in [1.82, 2.24) is 15.1 Å². The van der Waals surface area contributed by atoms with E-state index in [0.29, 0.717) is 41.2 Å². The number of hydrogen-bond donors (Lipinski definition) is 1. The molecule has 0 saturated heterocycles. The van der Waals surface area contributed by atoms with Crippen molar-refractivity contribution in [2.24, 2.45) is 11.8 Å². The highest BCUT2D eigenvalue weighted by atomic mass is 35.5. The quantitative estimate of drug-likeness (QED) is 0.321. The number of amides is 1. The first-order chi connectivity index (χ1) is 17.3. The molecule has 0 radical (unpaired) electrons. The van der Waals surface area contributed by atoms with E-state index in [0.717, 1.165) is 48.4 Å². The van der Waals surface area contributed by atoms with E-state index < -0.39 is 11.6 Å². The van der Waals surface area contributed by atoms with Crippen LogP contribution in [0.5, 0.6) is 0 Å². The number of fused-ring (bicyclic) bond motifs is 3. The molecule has 0 fully saturated rings. The molecule has 192 valence electrons. The molecular weight excluding hydrogens is 480 g/mol. The van der Waals surface area contributed by atoms with Gasteiger partial charge in [0.1, 0.15) is 11.5 Å². The molecule has 0 aliphatic heterocycles. The highest BCUT2D eigenvalue weighted by Gasteiger charge is 2.29. The molecule has 1 heterocycles. The highest BCUT2D eigenvalue weighted by Crippen LogP contribution is 2.37. The number of halogens is 3. The number of carbonyl (C=O) groups excluding carboxylic acids is 1. The summed E-state index contributed by atoms with van der Waals surface area (Å²) in [6, 6.07) is 8.99. The van der Waals surface area contributed by atoms with E-state index in [1.54, 1.807) is 6.07 Å². The van der Waals surface area contributed by atoms with E-state index in [1.165, 1.54) is 29.7 Å². The number of carbonyl (C=O) groups is 1. The van der Waals surface area contributed by atoms with Gasteiger partial charge in [0.15, 0.2) is 11.5 Å². The largest absolute Gasteiger partial charge is 0.350 e. The van der Waals surface area contributed by atoms with Gasteiger partial charge in [0.05, 0.1) is 5.69 Å². The average molecular weight is 514 g/mol. The maximum atomic E-state index is 14.9. The van der Waals surface area contributed by atoms with Crippen LogP contribution >= 0.6 is 11.6 Å². The molecule has 0 saturated carbocycles. The second-order valence-corrected chi connectivity index (χ2v) is 10.3. The summed E-state index contributed by atoms with van der Waals surface area (Å²) in [5.41, 5.74) is 3.72. The van der Waals surface area contributed by atoms with Gasteiger partial charge in [0, 0.05) is 28.8 Å². The van der Waals surface area contributed by atoms with Gasteiger partial charge in [-0.15, -0.1) is 0 Å². The van der Waals surface area contributed by atoms with E-state index in [-0.39, 0.29) is 11.6 Å². The fourth-order valence-corrected chi connectivity index (χ4v) is 5.29. The molecule has 4 nitrogen and oxygen atoms in total. The molecule has 1 N–H and O–H groups in total. The molecular formula is C29H34ClF2N3O. The van der Waals surface area contributed by atoms with Crippen molar-refractivity contribution in [2.45, 2.75) is 65.7 Å². The van der Waals surface area contributed by atoms with Gasteiger partial charge in [-0.05, 0) is 67.3 Å². The molecule has 2 aromatic carbocycles. The molecule has 0 spiro atoms. The van der Waals surface area contributed by atoms with Gasteiger partial charge in [0.2, 0.25) is 0 Å². The minimum Gasteiger partial charge on any atom is -0.350 e. The summed E-state index contributed by atoms with van der Waals surface area (Å²) in [7, 11) is 0. The minimum absolute atomic E-state index is 0.105. The Hall–Kier alpha value is -2.73. The summed E-state index contributed by atoms with van der Waals surface area (Å²) in [4.78, 5) is 13.4. The number of nitrogens with zero attached hydrogens (tertiary/aromatic N) is 2. The van der Waals surface area contributed by atoms with Gasteiger partial charge in [-0.25, -0.2) is 13.5 Å². The summed E-state index contributed by atoms with van der Waals surface area (Å²) >= 11 is 6.26. The Kier molecular flexibility index (Phi) is 8.45. The van der Waals surface area contributed by atoms with Gasteiger partial charge in [-0.3, -0.25) is 4.79 Å². The molecule has 1 aromatic heterocycles. The van der Waals surface area contributed by atoms with Crippen molar-refractivity contribution in [2.75, 3.05) is 6.54 Å². The molecule has 7 heteroatoms. The van der Waals surface area contributed by atoms with Crippen LogP contribution in [-0.4, -0.2) is 22.2 Å². The minimum atomic E-state index is -0.734. The lowest BCUT2D eigenvalue weighted by molar-refractivity contribution is 0.0940. The van der Waals surface area contributed by atoms with Crippen molar-refractivity contribution in [3.8, 4) is 16.9 Å². The zero-order valence-corrected chi connectivity index (χ0v) is 22.0. The SMILES string of the molecule is CCC(CC)CCC(C)CNC(=O)c1nn(-c2ccc(F)cc2F)c2c1CCCc1cc(Cl)ccc1-2. The third-order valence-corrected chi connectivity index (χ3v) is 7.60. The lowest BCUT2D eigenvalue weighted by Gasteiger charge is -2.16. The van der Waals surface area contributed by atoms with Crippen molar-refractivity contribution >= 4 is 17.5 Å². The van der Waals surface area contributed by atoms with Gasteiger partial charge >= 0.3 is 0 Å². The number of benzene rings is 2. The zero-order chi connectivity index (χ0) is 25.8. The molecule has 1 amide bonds. The first-order valence-corrected chi connectivity index (χ1v) is 13.3. The van der Waals surface area contributed by atoms with Crippen LogP contribution in [0, 0.1) is 23.5 Å². The normalized spacial score (nSPS) is 13.8. The van der Waals surface area contributed by atoms with E-state index in [2.05, 4.69) is 31.2 Å². The van der Waals surface area contributed by atoms with Crippen LogP contribution in [0.3, 0.4) is 0 Å². The predicted molar refractivity (Wildman–Crippen MR) is 141 cm³/mol. The Morgan fingerprint density at radius 3 is 2.61 bits per heavy atom. The number of aromatic nitrogens is 2. The highest BCUT2D eigenvalue weighted by molar-refractivity contribution is 6.30. The summed E-state index contributed by atoms with van der Waals surface area (Å²) in [5.74, 6) is -0.607. The Labute approximate surface area is 217 Å². The van der Waals surface area contributed by atoms with Crippen molar-refractivity contribution in [3.63, 3.8) is 0 Å². The van der Waals surface area contributed by atoms with Crippen LogP contribution in [0.4, 0.5) is 8.78 Å². The molecule has 1 aliphatic rings. The molecule has 1 atom stereocenters. The summed E-state index contributed by atoms with van der Waals surface area (Å²) in [6.45, 7) is 7.14. The van der Waals surface area contributed by atoms with Crippen LogP contribution in [0.25, 0.3) is 16.9 Å².